The standard InChI is InChI=1S/C24H29N3O4/c1-13(2)11-27-19-10-15(30-6)9-17(22(19)31-21(14(3)4)24(27)29)18-12-26(5)23(28)20-16(18)7-8-25-20/h7-10,12-14,21,25H,11H2,1-6H3. The van der Waals surface area contributed by atoms with E-state index in [0.717, 1.165) is 16.5 Å². The number of H-pyrrole nitrogens is 1. The molecule has 0 bridgehead atoms. The van der Waals surface area contributed by atoms with Crippen molar-refractivity contribution < 1.29 is 14.3 Å². The van der Waals surface area contributed by atoms with Crippen molar-refractivity contribution in [1.82, 2.24) is 9.55 Å². The highest BCUT2D eigenvalue weighted by molar-refractivity contribution is 6.04. The van der Waals surface area contributed by atoms with Crippen LogP contribution in [0, 0.1) is 11.8 Å². The SMILES string of the molecule is COc1cc(-c2cn(C)c(=O)c3[nH]ccc23)c2c(c1)N(CC(C)C)C(=O)C(C(C)C)O2. The first kappa shape index (κ1) is 21.0. The van der Waals surface area contributed by atoms with E-state index in [0.29, 0.717) is 29.2 Å². The number of hydrogen-bond acceptors (Lipinski definition) is 4. The van der Waals surface area contributed by atoms with Gasteiger partial charge in [0.25, 0.3) is 11.5 Å². The number of rotatable bonds is 5. The minimum Gasteiger partial charge on any atom is -0.497 e. The molecule has 0 fully saturated rings. The van der Waals surface area contributed by atoms with Gasteiger partial charge in [0.05, 0.1) is 12.8 Å². The lowest BCUT2D eigenvalue weighted by molar-refractivity contribution is -0.128. The highest BCUT2D eigenvalue weighted by atomic mass is 16.5. The maximum atomic E-state index is 13.3. The molecule has 1 aliphatic heterocycles. The smallest absolute Gasteiger partial charge is 0.274 e. The average Bonchev–Trinajstić information content (AvgIpc) is 3.21. The van der Waals surface area contributed by atoms with Gasteiger partial charge < -0.3 is 23.9 Å². The number of anilines is 1. The van der Waals surface area contributed by atoms with Crippen LogP contribution in [0.25, 0.3) is 22.0 Å². The summed E-state index contributed by atoms with van der Waals surface area (Å²) < 4.78 is 13.5. The number of nitrogens with one attached hydrogen (secondary N) is 1. The van der Waals surface area contributed by atoms with Gasteiger partial charge in [0.1, 0.15) is 11.3 Å². The van der Waals surface area contributed by atoms with E-state index in [9.17, 15) is 9.59 Å². The number of hydrogen-bond donors (Lipinski definition) is 1. The van der Waals surface area contributed by atoms with Crippen LogP contribution >= 0.6 is 0 Å². The largest absolute Gasteiger partial charge is 0.497 e. The van der Waals surface area contributed by atoms with Gasteiger partial charge in [0, 0.05) is 48.6 Å². The van der Waals surface area contributed by atoms with Crippen LogP contribution in [0.4, 0.5) is 5.69 Å². The number of carbonyl (C=O) groups is 1. The van der Waals surface area contributed by atoms with E-state index < -0.39 is 6.10 Å². The third-order valence-electron chi connectivity index (χ3n) is 5.66. The number of aromatic nitrogens is 2. The van der Waals surface area contributed by atoms with Gasteiger partial charge in [-0.25, -0.2) is 0 Å². The Kier molecular flexibility index (Phi) is 5.29. The average molecular weight is 424 g/mol. The minimum absolute atomic E-state index is 0.0117. The van der Waals surface area contributed by atoms with Gasteiger partial charge in [-0.1, -0.05) is 27.7 Å². The Bertz CT molecular complexity index is 1210. The van der Waals surface area contributed by atoms with Crippen molar-refractivity contribution in [2.45, 2.75) is 33.8 Å². The summed E-state index contributed by atoms with van der Waals surface area (Å²) in [5, 5.41) is 0.801. The number of aryl methyl sites for hydroxylation is 1. The summed E-state index contributed by atoms with van der Waals surface area (Å²) in [5.41, 5.74) is 2.76. The van der Waals surface area contributed by atoms with E-state index in [2.05, 4.69) is 18.8 Å². The van der Waals surface area contributed by atoms with Crippen molar-refractivity contribution >= 4 is 22.5 Å². The van der Waals surface area contributed by atoms with Crippen molar-refractivity contribution in [2.75, 3.05) is 18.6 Å². The molecule has 1 aromatic carbocycles. The number of nitrogens with zero attached hydrogens (tertiary/aromatic N) is 2. The monoisotopic (exact) mass is 423 g/mol. The summed E-state index contributed by atoms with van der Waals surface area (Å²) in [7, 11) is 3.33. The molecular weight excluding hydrogens is 394 g/mol. The third-order valence-corrected chi connectivity index (χ3v) is 5.66. The van der Waals surface area contributed by atoms with Gasteiger partial charge in [-0.15, -0.1) is 0 Å². The van der Waals surface area contributed by atoms with Gasteiger partial charge >= 0.3 is 0 Å². The zero-order chi connectivity index (χ0) is 22.4. The predicted molar refractivity (Wildman–Crippen MR) is 122 cm³/mol. The van der Waals surface area contributed by atoms with Crippen molar-refractivity contribution in [3.63, 3.8) is 0 Å². The number of methoxy groups -OCH3 is 1. The molecule has 1 unspecified atom stereocenters. The van der Waals surface area contributed by atoms with Crippen LogP contribution in [-0.4, -0.2) is 35.2 Å². The molecular formula is C24H29N3O4. The third kappa shape index (κ3) is 3.48. The molecule has 0 aliphatic carbocycles. The number of pyridine rings is 1. The topological polar surface area (TPSA) is 76.6 Å². The van der Waals surface area contributed by atoms with Gasteiger partial charge in [0.15, 0.2) is 11.9 Å². The lowest BCUT2D eigenvalue weighted by Gasteiger charge is -2.38. The fourth-order valence-corrected chi connectivity index (χ4v) is 4.14. The van der Waals surface area contributed by atoms with Crippen LogP contribution in [-0.2, 0) is 11.8 Å². The van der Waals surface area contributed by atoms with Crippen LogP contribution in [0.3, 0.4) is 0 Å². The van der Waals surface area contributed by atoms with E-state index >= 15 is 0 Å². The molecule has 2 aromatic heterocycles. The van der Waals surface area contributed by atoms with E-state index in [-0.39, 0.29) is 23.3 Å². The molecule has 0 saturated carbocycles. The molecule has 1 amide bonds. The fraction of sp³-hybridized carbons (Fsp3) is 0.417. The fourth-order valence-electron chi connectivity index (χ4n) is 4.14. The summed E-state index contributed by atoms with van der Waals surface area (Å²) in [6, 6.07) is 5.65. The minimum atomic E-state index is -0.576. The zero-order valence-electron chi connectivity index (χ0n) is 18.9. The molecule has 1 atom stereocenters. The number of benzene rings is 1. The Morgan fingerprint density at radius 1 is 1.16 bits per heavy atom. The lowest BCUT2D eigenvalue weighted by atomic mass is 9.97. The number of carbonyl (C=O) groups excluding carboxylic acids is 1. The molecule has 0 saturated heterocycles. The zero-order valence-corrected chi connectivity index (χ0v) is 18.9. The number of fused-ring (bicyclic) bond motifs is 2. The second-order valence-electron chi connectivity index (χ2n) is 8.87. The van der Waals surface area contributed by atoms with Gasteiger partial charge in [0.2, 0.25) is 0 Å². The van der Waals surface area contributed by atoms with Gasteiger partial charge in [-0.3, -0.25) is 9.59 Å². The van der Waals surface area contributed by atoms with E-state index in [1.54, 1.807) is 24.9 Å². The quantitative estimate of drug-likeness (QED) is 0.674. The maximum absolute atomic E-state index is 13.3. The Hall–Kier alpha value is -3.22. The Balaban J connectivity index is 2.03. The lowest BCUT2D eigenvalue weighted by Crippen LogP contribution is -2.49. The van der Waals surface area contributed by atoms with Crippen LogP contribution < -0.4 is 19.9 Å². The Labute approximate surface area is 181 Å². The molecule has 7 nitrogen and oxygen atoms in total. The molecule has 7 heteroatoms. The van der Waals surface area contributed by atoms with Crippen molar-refractivity contribution in [3.05, 3.63) is 40.9 Å². The maximum Gasteiger partial charge on any atom is 0.274 e. The number of amides is 1. The van der Waals surface area contributed by atoms with Crippen LogP contribution in [0.15, 0.2) is 35.4 Å². The molecule has 3 heterocycles. The van der Waals surface area contributed by atoms with Gasteiger partial charge in [-0.2, -0.15) is 0 Å². The van der Waals surface area contributed by atoms with Crippen LogP contribution in [0.1, 0.15) is 27.7 Å². The molecule has 0 spiro atoms. The van der Waals surface area contributed by atoms with Crippen LogP contribution in [0.2, 0.25) is 0 Å². The summed E-state index contributed by atoms with van der Waals surface area (Å²) in [5.74, 6) is 1.52. The second kappa shape index (κ2) is 7.80. The molecule has 0 radical (unpaired) electrons. The Morgan fingerprint density at radius 3 is 2.55 bits per heavy atom. The summed E-state index contributed by atoms with van der Waals surface area (Å²) >= 11 is 0. The molecule has 1 aliphatic rings. The van der Waals surface area contributed by atoms with E-state index in [4.69, 9.17) is 9.47 Å². The molecule has 31 heavy (non-hydrogen) atoms. The number of aromatic amines is 1. The van der Waals surface area contributed by atoms with Crippen molar-refractivity contribution in [3.8, 4) is 22.6 Å². The van der Waals surface area contributed by atoms with Crippen molar-refractivity contribution in [2.24, 2.45) is 18.9 Å². The second-order valence-corrected chi connectivity index (χ2v) is 8.87. The molecule has 1 N–H and O–H groups in total. The van der Waals surface area contributed by atoms with Crippen molar-refractivity contribution in [1.29, 1.82) is 0 Å². The summed E-state index contributed by atoms with van der Waals surface area (Å²) in [6.45, 7) is 8.73. The highest BCUT2D eigenvalue weighted by Gasteiger charge is 2.38. The van der Waals surface area contributed by atoms with E-state index in [1.165, 1.54) is 0 Å². The Morgan fingerprint density at radius 2 is 1.90 bits per heavy atom. The normalized spacial score (nSPS) is 16.2. The predicted octanol–water partition coefficient (Wildman–Crippen LogP) is 3.95. The molecule has 4 rings (SSSR count). The van der Waals surface area contributed by atoms with E-state index in [1.807, 2.05) is 43.1 Å². The molecule has 164 valence electrons. The number of ether oxygens (including phenoxy) is 2. The molecule has 3 aromatic rings. The first-order valence-electron chi connectivity index (χ1n) is 10.6. The summed E-state index contributed by atoms with van der Waals surface area (Å²) in [4.78, 5) is 30.7. The first-order valence-corrected chi connectivity index (χ1v) is 10.6. The van der Waals surface area contributed by atoms with Crippen LogP contribution in [0.5, 0.6) is 11.5 Å². The highest BCUT2D eigenvalue weighted by Crippen LogP contribution is 2.47. The van der Waals surface area contributed by atoms with Gasteiger partial charge in [-0.05, 0) is 24.0 Å². The summed E-state index contributed by atoms with van der Waals surface area (Å²) in [6.07, 6.45) is 2.99. The first-order chi connectivity index (χ1) is 14.7.